The first-order chi connectivity index (χ1) is 12.6. The predicted molar refractivity (Wildman–Crippen MR) is 105 cm³/mol. The van der Waals surface area contributed by atoms with Crippen LogP contribution in [0.2, 0.25) is 5.02 Å². The molecule has 0 aliphatic rings. The van der Waals surface area contributed by atoms with Gasteiger partial charge < -0.3 is 10.6 Å². The van der Waals surface area contributed by atoms with E-state index in [2.05, 4.69) is 20.6 Å². The van der Waals surface area contributed by atoms with Gasteiger partial charge in [-0.2, -0.15) is 0 Å². The van der Waals surface area contributed by atoms with Crippen molar-refractivity contribution < 1.29 is 4.79 Å². The molecule has 0 aliphatic carbocycles. The molecule has 1 heterocycles. The highest BCUT2D eigenvalue weighted by Gasteiger charge is 2.10. The van der Waals surface area contributed by atoms with Gasteiger partial charge in [-0.05, 0) is 42.7 Å². The largest absolute Gasteiger partial charge is 0.324 e. The number of halogens is 1. The minimum absolute atomic E-state index is 0.240. The highest BCUT2D eigenvalue weighted by molar-refractivity contribution is 6.31. The number of hydrogen-bond acceptors (Lipinski definition) is 4. The summed E-state index contributed by atoms with van der Waals surface area (Å²) in [6, 6.07) is 13.3. The highest BCUT2D eigenvalue weighted by atomic mass is 35.5. The molecule has 2 N–H and O–H groups in total. The molecule has 0 fully saturated rings. The van der Waals surface area contributed by atoms with E-state index in [1.165, 1.54) is 12.4 Å². The maximum absolute atomic E-state index is 12.4. The molecule has 3 aromatic rings. The Morgan fingerprint density at radius 1 is 1.12 bits per heavy atom. The lowest BCUT2D eigenvalue weighted by molar-refractivity contribution is 0.102. The summed E-state index contributed by atoms with van der Waals surface area (Å²) in [6.07, 6.45) is 3.83. The van der Waals surface area contributed by atoms with Gasteiger partial charge in [-0.3, -0.25) is 4.79 Å². The molecule has 132 valence electrons. The van der Waals surface area contributed by atoms with Crippen LogP contribution in [0, 0.1) is 6.92 Å². The first kappa shape index (κ1) is 17.9. The summed E-state index contributed by atoms with van der Waals surface area (Å²) in [4.78, 5) is 20.8. The molecule has 1 amide bonds. The first-order valence-electron chi connectivity index (χ1n) is 8.31. The molecule has 0 bridgehead atoms. The minimum atomic E-state index is -0.240. The summed E-state index contributed by atoms with van der Waals surface area (Å²) in [6.45, 7) is 3.98. The standard InChI is InChI=1S/C20H19ClN4O/c1-3-14-6-4-5-7-18(14)25-19(26)15-11-22-20(23-12-15)24-16-9-8-13(2)17(21)10-16/h4-12H,3H2,1-2H3,(H,25,26)(H,22,23,24). The average molecular weight is 367 g/mol. The number of carbonyl (C=O) groups excluding carboxylic acids is 1. The van der Waals surface area contributed by atoms with Crippen LogP contribution in [0.4, 0.5) is 17.3 Å². The van der Waals surface area contributed by atoms with Gasteiger partial charge in [0.15, 0.2) is 0 Å². The molecule has 0 atom stereocenters. The SMILES string of the molecule is CCc1ccccc1NC(=O)c1cnc(Nc2ccc(C)c(Cl)c2)nc1. The van der Waals surface area contributed by atoms with Crippen molar-refractivity contribution in [1.82, 2.24) is 9.97 Å². The molecular formula is C20H19ClN4O. The molecule has 0 radical (unpaired) electrons. The Balaban J connectivity index is 1.70. The number of rotatable bonds is 5. The lowest BCUT2D eigenvalue weighted by Gasteiger charge is -2.10. The van der Waals surface area contributed by atoms with Gasteiger partial charge in [0, 0.05) is 28.8 Å². The number of anilines is 3. The van der Waals surface area contributed by atoms with Gasteiger partial charge in [0.2, 0.25) is 5.95 Å². The number of amides is 1. The van der Waals surface area contributed by atoms with Crippen LogP contribution < -0.4 is 10.6 Å². The van der Waals surface area contributed by atoms with E-state index in [-0.39, 0.29) is 5.91 Å². The van der Waals surface area contributed by atoms with E-state index in [9.17, 15) is 4.79 Å². The van der Waals surface area contributed by atoms with Crippen molar-refractivity contribution in [2.75, 3.05) is 10.6 Å². The molecule has 2 aromatic carbocycles. The van der Waals surface area contributed by atoms with Gasteiger partial charge >= 0.3 is 0 Å². The van der Waals surface area contributed by atoms with E-state index < -0.39 is 0 Å². The number of hydrogen-bond donors (Lipinski definition) is 2. The van der Waals surface area contributed by atoms with Gasteiger partial charge in [0.05, 0.1) is 5.56 Å². The van der Waals surface area contributed by atoms with Crippen molar-refractivity contribution >= 4 is 34.8 Å². The van der Waals surface area contributed by atoms with Gasteiger partial charge in [-0.15, -0.1) is 0 Å². The summed E-state index contributed by atoms with van der Waals surface area (Å²) in [7, 11) is 0. The van der Waals surface area contributed by atoms with E-state index >= 15 is 0 Å². The van der Waals surface area contributed by atoms with E-state index in [0.29, 0.717) is 16.5 Å². The normalized spacial score (nSPS) is 10.4. The van der Waals surface area contributed by atoms with Crippen molar-refractivity contribution in [3.8, 4) is 0 Å². The third-order valence-electron chi connectivity index (χ3n) is 3.99. The second-order valence-electron chi connectivity index (χ2n) is 5.85. The van der Waals surface area contributed by atoms with Crippen molar-refractivity contribution in [2.45, 2.75) is 20.3 Å². The number of nitrogens with one attached hydrogen (secondary N) is 2. The highest BCUT2D eigenvalue weighted by Crippen LogP contribution is 2.22. The molecule has 0 aliphatic heterocycles. The zero-order valence-electron chi connectivity index (χ0n) is 14.6. The Hall–Kier alpha value is -2.92. The molecule has 5 nitrogen and oxygen atoms in total. The topological polar surface area (TPSA) is 66.9 Å². The summed E-state index contributed by atoms with van der Waals surface area (Å²) < 4.78 is 0. The molecule has 0 saturated heterocycles. The fraction of sp³-hybridized carbons (Fsp3) is 0.150. The van der Waals surface area contributed by atoms with Crippen LogP contribution in [0.25, 0.3) is 0 Å². The van der Waals surface area contributed by atoms with Gasteiger partial charge in [0.1, 0.15) is 0 Å². The lowest BCUT2D eigenvalue weighted by Crippen LogP contribution is -2.14. The molecular weight excluding hydrogens is 348 g/mol. The quantitative estimate of drug-likeness (QED) is 0.667. The summed E-state index contributed by atoms with van der Waals surface area (Å²) in [5.41, 5.74) is 4.06. The van der Waals surface area contributed by atoms with E-state index in [4.69, 9.17) is 11.6 Å². The molecule has 0 saturated carbocycles. The monoisotopic (exact) mass is 366 g/mol. The minimum Gasteiger partial charge on any atom is -0.324 e. The summed E-state index contributed by atoms with van der Waals surface area (Å²) in [5.74, 6) is 0.159. The van der Waals surface area contributed by atoms with E-state index in [1.54, 1.807) is 0 Å². The fourth-order valence-corrected chi connectivity index (χ4v) is 2.64. The second kappa shape index (κ2) is 7.97. The van der Waals surface area contributed by atoms with Crippen LogP contribution in [0.3, 0.4) is 0 Å². The number of aryl methyl sites for hydroxylation is 2. The van der Waals surface area contributed by atoms with Crippen molar-refractivity contribution in [3.05, 3.63) is 76.6 Å². The summed E-state index contributed by atoms with van der Waals surface area (Å²) in [5, 5.41) is 6.64. The molecule has 0 unspecified atom stereocenters. The number of benzene rings is 2. The van der Waals surface area contributed by atoms with Crippen LogP contribution in [0.5, 0.6) is 0 Å². The number of aromatic nitrogens is 2. The maximum Gasteiger partial charge on any atom is 0.258 e. The molecule has 0 spiro atoms. The number of para-hydroxylation sites is 1. The van der Waals surface area contributed by atoms with Crippen LogP contribution >= 0.6 is 11.6 Å². The molecule has 1 aromatic heterocycles. The van der Waals surface area contributed by atoms with Crippen molar-refractivity contribution in [2.24, 2.45) is 0 Å². The maximum atomic E-state index is 12.4. The van der Waals surface area contributed by atoms with Crippen LogP contribution in [-0.2, 0) is 6.42 Å². The third-order valence-corrected chi connectivity index (χ3v) is 4.40. The number of nitrogens with zero attached hydrogens (tertiary/aromatic N) is 2. The zero-order chi connectivity index (χ0) is 18.5. The Morgan fingerprint density at radius 3 is 2.54 bits per heavy atom. The lowest BCUT2D eigenvalue weighted by atomic mass is 10.1. The van der Waals surface area contributed by atoms with Crippen molar-refractivity contribution in [3.63, 3.8) is 0 Å². The van der Waals surface area contributed by atoms with Crippen LogP contribution in [0.1, 0.15) is 28.4 Å². The fourth-order valence-electron chi connectivity index (χ4n) is 2.45. The Labute approximate surface area is 157 Å². The predicted octanol–water partition coefficient (Wildman–Crippen LogP) is 5.00. The van der Waals surface area contributed by atoms with Gasteiger partial charge in [-0.25, -0.2) is 9.97 Å². The third kappa shape index (κ3) is 4.18. The first-order valence-corrected chi connectivity index (χ1v) is 8.69. The van der Waals surface area contributed by atoms with Crippen LogP contribution in [0.15, 0.2) is 54.9 Å². The van der Waals surface area contributed by atoms with Crippen LogP contribution in [-0.4, -0.2) is 15.9 Å². The molecule has 26 heavy (non-hydrogen) atoms. The average Bonchev–Trinajstić information content (AvgIpc) is 2.66. The van der Waals surface area contributed by atoms with E-state index in [1.807, 2.05) is 56.3 Å². The van der Waals surface area contributed by atoms with Crippen molar-refractivity contribution in [1.29, 1.82) is 0 Å². The molecule has 6 heteroatoms. The number of carbonyl (C=O) groups is 1. The summed E-state index contributed by atoms with van der Waals surface area (Å²) >= 11 is 6.11. The smallest absolute Gasteiger partial charge is 0.258 e. The Bertz CT molecular complexity index is 925. The zero-order valence-corrected chi connectivity index (χ0v) is 15.3. The Morgan fingerprint density at radius 2 is 1.85 bits per heavy atom. The Kier molecular flexibility index (Phi) is 5.49. The van der Waals surface area contributed by atoms with Gasteiger partial charge in [-0.1, -0.05) is 42.8 Å². The molecule has 3 rings (SSSR count). The van der Waals surface area contributed by atoms with E-state index in [0.717, 1.165) is 28.9 Å². The second-order valence-corrected chi connectivity index (χ2v) is 6.26. The van der Waals surface area contributed by atoms with Gasteiger partial charge in [0.25, 0.3) is 5.91 Å².